The number of fused-ring (bicyclic) bond motifs is 1. The van der Waals surface area contributed by atoms with Crippen molar-refractivity contribution in [2.75, 3.05) is 11.4 Å². The Labute approximate surface area is 191 Å². The molecule has 6 nitrogen and oxygen atoms in total. The molecule has 2 fully saturated rings. The van der Waals surface area contributed by atoms with Gasteiger partial charge in [-0.3, -0.25) is 9.59 Å². The lowest BCUT2D eigenvalue weighted by atomic mass is 9.93. The Hall–Kier alpha value is -2.93. The second kappa shape index (κ2) is 8.20. The average Bonchev–Trinajstić information content (AvgIpc) is 3.18. The van der Waals surface area contributed by atoms with Crippen LogP contribution in [0, 0.1) is 11.2 Å². The fourth-order valence-electron chi connectivity index (χ4n) is 4.38. The fourth-order valence-corrected chi connectivity index (χ4v) is 4.56. The Morgan fingerprint density at radius 2 is 1.81 bits per heavy atom. The second-order valence-electron chi connectivity index (χ2n) is 9.22. The van der Waals surface area contributed by atoms with Crippen molar-refractivity contribution in [2.24, 2.45) is 5.41 Å². The van der Waals surface area contributed by atoms with Crippen molar-refractivity contribution in [2.45, 2.75) is 45.8 Å². The first-order valence-corrected chi connectivity index (χ1v) is 10.9. The number of carbonyl (C=O) groups excluding carboxylic acids is 3. The number of hydrogen-bond acceptors (Lipinski definition) is 3. The summed E-state index contributed by atoms with van der Waals surface area (Å²) in [6.45, 7) is 6.09. The van der Waals surface area contributed by atoms with Gasteiger partial charge in [0.05, 0.1) is 16.8 Å². The van der Waals surface area contributed by atoms with Crippen LogP contribution in [0.2, 0.25) is 5.02 Å². The molecule has 8 heteroatoms. The number of imide groups is 1. The lowest BCUT2D eigenvalue weighted by Gasteiger charge is -2.44. The highest BCUT2D eigenvalue weighted by Gasteiger charge is 2.54. The minimum absolute atomic E-state index is 0.149. The van der Waals surface area contributed by atoms with E-state index in [1.54, 1.807) is 30.6 Å². The molecule has 2 aromatic carbocycles. The number of anilines is 1. The quantitative estimate of drug-likeness (QED) is 0.683. The molecule has 2 heterocycles. The normalized spacial score (nSPS) is 21.2. The highest BCUT2D eigenvalue weighted by molar-refractivity contribution is 6.31. The van der Waals surface area contributed by atoms with Gasteiger partial charge in [0.15, 0.2) is 0 Å². The Balaban J connectivity index is 1.77. The molecule has 0 aliphatic carbocycles. The van der Waals surface area contributed by atoms with Crippen LogP contribution in [0.25, 0.3) is 0 Å². The van der Waals surface area contributed by atoms with Gasteiger partial charge in [-0.2, -0.15) is 0 Å². The number of carbonyl (C=O) groups is 3. The highest BCUT2D eigenvalue weighted by Crippen LogP contribution is 2.36. The fraction of sp³-hybridized carbons (Fsp3) is 0.375. The number of likely N-dealkylation sites (tertiary alicyclic amines) is 1. The van der Waals surface area contributed by atoms with Crippen LogP contribution in [-0.4, -0.2) is 46.3 Å². The number of rotatable bonds is 3. The zero-order valence-electron chi connectivity index (χ0n) is 18.2. The molecule has 0 N–H and O–H groups in total. The van der Waals surface area contributed by atoms with E-state index >= 15 is 0 Å². The molecule has 0 radical (unpaired) electrons. The Morgan fingerprint density at radius 3 is 2.44 bits per heavy atom. The average molecular weight is 458 g/mol. The Bertz CT molecular complexity index is 1070. The summed E-state index contributed by atoms with van der Waals surface area (Å²) >= 11 is 5.94. The molecule has 4 rings (SSSR count). The van der Waals surface area contributed by atoms with E-state index in [0.29, 0.717) is 13.0 Å². The van der Waals surface area contributed by atoms with E-state index in [-0.39, 0.29) is 23.2 Å². The van der Waals surface area contributed by atoms with Gasteiger partial charge in [0.2, 0.25) is 5.91 Å². The van der Waals surface area contributed by atoms with E-state index in [9.17, 15) is 18.8 Å². The first-order chi connectivity index (χ1) is 15.1. The number of nitrogens with zero attached hydrogens (tertiary/aromatic N) is 3. The topological polar surface area (TPSA) is 60.9 Å². The summed E-state index contributed by atoms with van der Waals surface area (Å²) in [7, 11) is 0. The number of urea groups is 1. The van der Waals surface area contributed by atoms with E-state index in [4.69, 9.17) is 11.6 Å². The van der Waals surface area contributed by atoms with Crippen LogP contribution in [0.15, 0.2) is 48.5 Å². The van der Waals surface area contributed by atoms with Crippen molar-refractivity contribution in [1.29, 1.82) is 0 Å². The van der Waals surface area contributed by atoms with Gasteiger partial charge in [0, 0.05) is 18.5 Å². The van der Waals surface area contributed by atoms with Crippen LogP contribution in [0.5, 0.6) is 0 Å². The van der Waals surface area contributed by atoms with Crippen LogP contribution in [-0.2, 0) is 16.1 Å². The van der Waals surface area contributed by atoms with Gasteiger partial charge in [0.25, 0.3) is 5.91 Å². The van der Waals surface area contributed by atoms with Gasteiger partial charge < -0.3 is 9.80 Å². The molecular formula is C24H25ClFN3O3. The van der Waals surface area contributed by atoms with Crippen molar-refractivity contribution in [3.63, 3.8) is 0 Å². The molecule has 2 aliphatic heterocycles. The number of benzene rings is 2. The third kappa shape index (κ3) is 3.86. The van der Waals surface area contributed by atoms with Gasteiger partial charge in [-0.05, 0) is 30.2 Å². The van der Waals surface area contributed by atoms with Crippen LogP contribution < -0.4 is 4.90 Å². The lowest BCUT2D eigenvalue weighted by Crippen LogP contribution is -2.66. The van der Waals surface area contributed by atoms with Crippen LogP contribution >= 0.6 is 11.6 Å². The maximum Gasteiger partial charge on any atom is 0.332 e. The third-order valence-electron chi connectivity index (χ3n) is 5.94. The monoisotopic (exact) mass is 457 g/mol. The predicted octanol–water partition coefficient (Wildman–Crippen LogP) is 4.46. The van der Waals surface area contributed by atoms with Crippen molar-refractivity contribution in [3.05, 3.63) is 64.9 Å². The summed E-state index contributed by atoms with van der Waals surface area (Å²) in [5, 5.41) is -0.186. The molecule has 2 saturated heterocycles. The van der Waals surface area contributed by atoms with E-state index in [2.05, 4.69) is 0 Å². The van der Waals surface area contributed by atoms with Crippen LogP contribution in [0.1, 0.15) is 32.8 Å². The third-order valence-corrected chi connectivity index (χ3v) is 6.23. The van der Waals surface area contributed by atoms with E-state index < -0.39 is 35.3 Å². The zero-order valence-corrected chi connectivity index (χ0v) is 19.0. The van der Waals surface area contributed by atoms with Crippen molar-refractivity contribution in [1.82, 2.24) is 9.80 Å². The maximum atomic E-state index is 13.8. The Morgan fingerprint density at radius 1 is 1.12 bits per heavy atom. The molecule has 2 atom stereocenters. The Kier molecular flexibility index (Phi) is 5.71. The predicted molar refractivity (Wildman–Crippen MR) is 120 cm³/mol. The molecule has 0 aromatic heterocycles. The van der Waals surface area contributed by atoms with E-state index in [1.807, 2.05) is 30.3 Å². The largest absolute Gasteiger partial charge is 0.332 e. The maximum absolute atomic E-state index is 13.8. The second-order valence-corrected chi connectivity index (χ2v) is 9.62. The minimum Gasteiger partial charge on any atom is -0.328 e. The van der Waals surface area contributed by atoms with Gasteiger partial charge >= 0.3 is 6.03 Å². The summed E-state index contributed by atoms with van der Waals surface area (Å²) in [6, 6.07) is 11.5. The first-order valence-electron chi connectivity index (χ1n) is 10.5. The van der Waals surface area contributed by atoms with Gasteiger partial charge in [-0.15, -0.1) is 0 Å². The van der Waals surface area contributed by atoms with Crippen LogP contribution in [0.3, 0.4) is 0 Å². The molecule has 0 bridgehead atoms. The van der Waals surface area contributed by atoms with Gasteiger partial charge in [-0.1, -0.05) is 62.7 Å². The van der Waals surface area contributed by atoms with E-state index in [0.717, 1.165) is 16.5 Å². The van der Waals surface area contributed by atoms with Crippen molar-refractivity contribution in [3.8, 4) is 0 Å². The molecule has 32 heavy (non-hydrogen) atoms. The number of halogens is 2. The van der Waals surface area contributed by atoms with Crippen molar-refractivity contribution >= 4 is 35.1 Å². The molecule has 0 unspecified atom stereocenters. The molecule has 2 aliphatic rings. The molecule has 2 aromatic rings. The SMILES string of the molecule is CC(C)(C)C(=O)N1CC[C@H]2[C@H]1C(=O)N(c1ccc(F)c(Cl)c1)C(=O)N2Cc1ccccc1. The summed E-state index contributed by atoms with van der Waals surface area (Å²) < 4.78 is 13.8. The van der Waals surface area contributed by atoms with E-state index in [1.165, 1.54) is 12.1 Å². The summed E-state index contributed by atoms with van der Waals surface area (Å²) in [5.41, 5.74) is 0.412. The molecule has 4 amide bonds. The lowest BCUT2D eigenvalue weighted by molar-refractivity contribution is -0.145. The molecular weight excluding hydrogens is 433 g/mol. The van der Waals surface area contributed by atoms with Crippen LogP contribution in [0.4, 0.5) is 14.9 Å². The smallest absolute Gasteiger partial charge is 0.328 e. The highest BCUT2D eigenvalue weighted by atomic mass is 35.5. The number of amides is 4. The minimum atomic E-state index is -0.813. The van der Waals surface area contributed by atoms with Gasteiger partial charge in [-0.25, -0.2) is 14.1 Å². The number of hydrogen-bond donors (Lipinski definition) is 0. The summed E-state index contributed by atoms with van der Waals surface area (Å²) in [6.07, 6.45) is 0.509. The first kappa shape index (κ1) is 22.3. The summed E-state index contributed by atoms with van der Waals surface area (Å²) in [4.78, 5) is 44.5. The van der Waals surface area contributed by atoms with Gasteiger partial charge in [0.1, 0.15) is 11.9 Å². The molecule has 0 saturated carbocycles. The standard InChI is InChI=1S/C24H25ClFN3O3/c1-24(2,3)22(31)27-12-11-19-20(27)21(30)29(16-9-10-18(26)17(25)13-16)23(32)28(19)14-15-7-5-4-6-8-15/h4-10,13,19-20H,11-12,14H2,1-3H3/t19-,20-/m0/s1. The zero-order chi connectivity index (χ0) is 23.2. The summed E-state index contributed by atoms with van der Waals surface area (Å²) in [5.74, 6) is -1.29. The molecule has 168 valence electrons. The molecule has 0 spiro atoms. The van der Waals surface area contributed by atoms with Crippen molar-refractivity contribution < 1.29 is 18.8 Å².